The number of rotatable bonds is 5. The van der Waals surface area contributed by atoms with Gasteiger partial charge in [0.2, 0.25) is 0 Å². The highest BCUT2D eigenvalue weighted by molar-refractivity contribution is 6.31. The molecule has 0 radical (unpaired) electrons. The van der Waals surface area contributed by atoms with E-state index in [9.17, 15) is 14.7 Å². The molecule has 0 saturated carbocycles. The van der Waals surface area contributed by atoms with E-state index in [1.165, 1.54) is 6.92 Å². The number of amides is 1. The van der Waals surface area contributed by atoms with Crippen molar-refractivity contribution in [1.29, 1.82) is 0 Å². The van der Waals surface area contributed by atoms with Gasteiger partial charge < -0.3 is 10.4 Å². The number of hydrogen-bond donors (Lipinski definition) is 2. The summed E-state index contributed by atoms with van der Waals surface area (Å²) in [5, 5.41) is 13.2. The van der Waals surface area contributed by atoms with Crippen LogP contribution < -0.4 is 5.32 Å². The van der Waals surface area contributed by atoms with Crippen LogP contribution in [0.5, 0.6) is 0 Å². The van der Waals surface area contributed by atoms with Crippen molar-refractivity contribution < 1.29 is 14.7 Å². The molecular weight excluding hydrogens is 302 g/mol. The third kappa shape index (κ3) is 3.93. The van der Waals surface area contributed by atoms with Crippen LogP contribution in [0.25, 0.3) is 0 Å². The van der Waals surface area contributed by atoms with Crippen molar-refractivity contribution in [3.05, 3.63) is 70.2 Å². The number of nitrogens with one attached hydrogen (secondary N) is 1. The number of aliphatic hydroxyl groups excluding tert-OH is 1. The Morgan fingerprint density at radius 1 is 1.09 bits per heavy atom. The SMILES string of the molecule is CC(=O)c1ccc(C(=O)NCC(O)c2ccccc2Cl)cc1. The van der Waals surface area contributed by atoms with Crippen LogP contribution in [0.15, 0.2) is 48.5 Å². The quantitative estimate of drug-likeness (QED) is 0.833. The van der Waals surface area contributed by atoms with E-state index in [0.717, 1.165) is 0 Å². The zero-order chi connectivity index (χ0) is 16.1. The molecule has 5 heteroatoms. The Morgan fingerprint density at radius 3 is 2.27 bits per heavy atom. The molecule has 1 atom stereocenters. The highest BCUT2D eigenvalue weighted by Crippen LogP contribution is 2.21. The lowest BCUT2D eigenvalue weighted by atomic mass is 10.1. The smallest absolute Gasteiger partial charge is 0.251 e. The number of benzene rings is 2. The highest BCUT2D eigenvalue weighted by Gasteiger charge is 2.13. The number of carbonyl (C=O) groups is 2. The monoisotopic (exact) mass is 317 g/mol. The maximum atomic E-state index is 12.0. The summed E-state index contributed by atoms with van der Waals surface area (Å²) >= 11 is 5.99. The van der Waals surface area contributed by atoms with Crippen LogP contribution in [0.2, 0.25) is 5.02 Å². The molecule has 0 heterocycles. The molecule has 4 nitrogen and oxygen atoms in total. The molecule has 2 rings (SSSR count). The Labute approximate surface area is 133 Å². The molecule has 0 aliphatic heterocycles. The first-order valence-electron chi connectivity index (χ1n) is 6.80. The summed E-state index contributed by atoms with van der Waals surface area (Å²) in [6.07, 6.45) is -0.880. The summed E-state index contributed by atoms with van der Waals surface area (Å²) in [7, 11) is 0. The number of aliphatic hydroxyl groups is 1. The molecular formula is C17H16ClNO3. The largest absolute Gasteiger partial charge is 0.387 e. The van der Waals surface area contributed by atoms with E-state index < -0.39 is 6.10 Å². The van der Waals surface area contributed by atoms with E-state index >= 15 is 0 Å². The van der Waals surface area contributed by atoms with Gasteiger partial charge >= 0.3 is 0 Å². The fraction of sp³-hybridized carbons (Fsp3) is 0.176. The lowest BCUT2D eigenvalue weighted by Gasteiger charge is -2.13. The zero-order valence-corrected chi connectivity index (χ0v) is 12.8. The third-order valence-corrected chi connectivity index (χ3v) is 3.62. The lowest BCUT2D eigenvalue weighted by molar-refractivity contribution is 0.0915. The standard InChI is InChI=1S/C17H16ClNO3/c1-11(20)12-6-8-13(9-7-12)17(22)19-10-16(21)14-4-2-3-5-15(14)18/h2-9,16,21H,10H2,1H3,(H,19,22). The molecule has 0 spiro atoms. The normalized spacial score (nSPS) is 11.8. The van der Waals surface area contributed by atoms with Crippen LogP contribution >= 0.6 is 11.6 Å². The minimum atomic E-state index is -0.880. The lowest BCUT2D eigenvalue weighted by Crippen LogP contribution is -2.28. The van der Waals surface area contributed by atoms with Gasteiger partial charge in [-0.2, -0.15) is 0 Å². The molecule has 1 unspecified atom stereocenters. The number of ketones is 1. The summed E-state index contributed by atoms with van der Waals surface area (Å²) in [5.74, 6) is -0.373. The van der Waals surface area contributed by atoms with Gasteiger partial charge in [0.25, 0.3) is 5.91 Å². The van der Waals surface area contributed by atoms with Crippen LogP contribution in [0.4, 0.5) is 0 Å². The van der Waals surface area contributed by atoms with Crippen LogP contribution in [0.1, 0.15) is 39.3 Å². The van der Waals surface area contributed by atoms with Gasteiger partial charge in [0, 0.05) is 28.3 Å². The van der Waals surface area contributed by atoms with Crippen molar-refractivity contribution >= 4 is 23.3 Å². The maximum absolute atomic E-state index is 12.0. The Bertz CT molecular complexity index is 683. The van der Waals surface area contributed by atoms with Gasteiger partial charge in [-0.25, -0.2) is 0 Å². The molecule has 2 N–H and O–H groups in total. The van der Waals surface area contributed by atoms with Crippen molar-refractivity contribution in [2.45, 2.75) is 13.0 Å². The fourth-order valence-electron chi connectivity index (χ4n) is 2.00. The van der Waals surface area contributed by atoms with Gasteiger partial charge in [-0.1, -0.05) is 41.9 Å². The van der Waals surface area contributed by atoms with Crippen LogP contribution in [-0.2, 0) is 0 Å². The van der Waals surface area contributed by atoms with E-state index in [2.05, 4.69) is 5.32 Å². The average Bonchev–Trinajstić information content (AvgIpc) is 2.52. The van der Waals surface area contributed by atoms with Crippen molar-refractivity contribution in [2.24, 2.45) is 0 Å². The van der Waals surface area contributed by atoms with Crippen molar-refractivity contribution in [1.82, 2.24) is 5.32 Å². The third-order valence-electron chi connectivity index (χ3n) is 3.27. The molecule has 0 saturated heterocycles. The first-order chi connectivity index (χ1) is 10.5. The van der Waals surface area contributed by atoms with Crippen molar-refractivity contribution in [3.63, 3.8) is 0 Å². The van der Waals surface area contributed by atoms with Gasteiger partial charge in [0.15, 0.2) is 5.78 Å². The predicted molar refractivity (Wildman–Crippen MR) is 85.2 cm³/mol. The second kappa shape index (κ2) is 7.20. The fourth-order valence-corrected chi connectivity index (χ4v) is 2.26. The van der Waals surface area contributed by atoms with E-state index in [-0.39, 0.29) is 18.2 Å². The highest BCUT2D eigenvalue weighted by atomic mass is 35.5. The number of hydrogen-bond acceptors (Lipinski definition) is 3. The topological polar surface area (TPSA) is 66.4 Å². The Hall–Kier alpha value is -2.17. The van der Waals surface area contributed by atoms with E-state index in [0.29, 0.717) is 21.7 Å². The molecule has 114 valence electrons. The Balaban J connectivity index is 1.98. The summed E-state index contributed by atoms with van der Waals surface area (Å²) in [5.41, 5.74) is 1.54. The van der Waals surface area contributed by atoms with Crippen molar-refractivity contribution in [3.8, 4) is 0 Å². The van der Waals surface area contributed by atoms with Gasteiger partial charge in [-0.15, -0.1) is 0 Å². The van der Waals surface area contributed by atoms with Gasteiger partial charge in [-0.3, -0.25) is 9.59 Å². The zero-order valence-electron chi connectivity index (χ0n) is 12.0. The second-order valence-corrected chi connectivity index (χ2v) is 5.29. The molecule has 0 bridgehead atoms. The molecule has 22 heavy (non-hydrogen) atoms. The Kier molecular flexibility index (Phi) is 5.31. The van der Waals surface area contributed by atoms with Crippen LogP contribution in [0, 0.1) is 0 Å². The summed E-state index contributed by atoms with van der Waals surface area (Å²) in [6.45, 7) is 1.52. The first kappa shape index (κ1) is 16.2. The van der Waals surface area contributed by atoms with Gasteiger partial charge in [-0.05, 0) is 25.1 Å². The first-order valence-corrected chi connectivity index (χ1v) is 7.18. The predicted octanol–water partition coefficient (Wildman–Crippen LogP) is 3.01. The second-order valence-electron chi connectivity index (χ2n) is 4.88. The van der Waals surface area contributed by atoms with E-state index in [4.69, 9.17) is 11.6 Å². The summed E-state index contributed by atoms with van der Waals surface area (Å²) < 4.78 is 0. The average molecular weight is 318 g/mol. The van der Waals surface area contributed by atoms with Crippen LogP contribution in [0.3, 0.4) is 0 Å². The van der Waals surface area contributed by atoms with Gasteiger partial charge in [0.05, 0.1) is 6.10 Å². The summed E-state index contributed by atoms with van der Waals surface area (Å²) in [4.78, 5) is 23.2. The van der Waals surface area contributed by atoms with Gasteiger partial charge in [0.1, 0.15) is 0 Å². The number of Topliss-reactive ketones (excluding diaryl/α,β-unsaturated/α-hetero) is 1. The number of halogens is 1. The Morgan fingerprint density at radius 2 is 1.68 bits per heavy atom. The molecule has 1 amide bonds. The minimum absolute atomic E-state index is 0.0526. The van der Waals surface area contributed by atoms with Crippen molar-refractivity contribution in [2.75, 3.05) is 6.54 Å². The van der Waals surface area contributed by atoms with Crippen LogP contribution in [-0.4, -0.2) is 23.3 Å². The maximum Gasteiger partial charge on any atom is 0.251 e. The van der Waals surface area contributed by atoms with E-state index in [1.54, 1.807) is 48.5 Å². The summed E-state index contributed by atoms with van der Waals surface area (Å²) in [6, 6.07) is 13.3. The molecule has 2 aromatic carbocycles. The minimum Gasteiger partial charge on any atom is -0.387 e. The molecule has 0 aliphatic rings. The molecule has 0 aliphatic carbocycles. The molecule has 0 fully saturated rings. The molecule has 2 aromatic rings. The number of carbonyl (C=O) groups excluding carboxylic acids is 2. The molecule has 0 aromatic heterocycles. The van der Waals surface area contributed by atoms with E-state index in [1.807, 2.05) is 0 Å².